The summed E-state index contributed by atoms with van der Waals surface area (Å²) in [5.41, 5.74) is 4.34. The van der Waals surface area contributed by atoms with E-state index in [9.17, 15) is 4.79 Å². The fourth-order valence-electron chi connectivity index (χ4n) is 2.88. The fraction of sp³-hybridized carbons (Fsp3) is 0.300. The highest BCUT2D eigenvalue weighted by atomic mass is 32.2. The molecule has 2 N–H and O–H groups in total. The summed E-state index contributed by atoms with van der Waals surface area (Å²) in [6, 6.07) is 16.1. The van der Waals surface area contributed by atoms with Crippen molar-refractivity contribution in [2.45, 2.75) is 32.1 Å². The number of H-pyrrole nitrogens is 1. The zero-order valence-electron chi connectivity index (χ0n) is 14.7. The van der Waals surface area contributed by atoms with Gasteiger partial charge in [0, 0.05) is 0 Å². The molecule has 0 aliphatic heterocycles. The summed E-state index contributed by atoms with van der Waals surface area (Å²) in [5.74, 6) is 1.36. The minimum Gasteiger partial charge on any atom is -0.349 e. The number of aryl methyl sites for hydroxylation is 1. The summed E-state index contributed by atoms with van der Waals surface area (Å²) in [6.45, 7) is 6.16. The van der Waals surface area contributed by atoms with Crippen LogP contribution in [0.5, 0.6) is 0 Å². The van der Waals surface area contributed by atoms with Gasteiger partial charge in [-0.3, -0.25) is 4.79 Å². The van der Waals surface area contributed by atoms with Gasteiger partial charge in [-0.25, -0.2) is 4.98 Å². The number of imidazole rings is 1. The molecule has 0 fully saturated rings. The van der Waals surface area contributed by atoms with E-state index in [1.807, 2.05) is 43.3 Å². The standard InChI is InChI=1S/C20H23N3OS/c1-13-8-4-5-9-16(13)14(2)21-19(24)12-25-15(3)20-22-17-10-6-7-11-18(17)23-20/h4-11,14-15H,12H2,1-3H3,(H,21,24)(H,22,23)/t14-,15-/m1/s1. The Morgan fingerprint density at radius 2 is 1.88 bits per heavy atom. The SMILES string of the molecule is Cc1ccccc1[C@@H](C)NC(=O)CS[C@H](C)c1nc2ccccc2[nH]1. The molecule has 1 heterocycles. The lowest BCUT2D eigenvalue weighted by atomic mass is 10.0. The molecule has 0 bridgehead atoms. The number of hydrogen-bond donors (Lipinski definition) is 2. The predicted octanol–water partition coefficient (Wildman–Crippen LogP) is 4.54. The molecule has 0 saturated carbocycles. The molecule has 130 valence electrons. The molecule has 1 amide bonds. The second kappa shape index (κ2) is 7.74. The summed E-state index contributed by atoms with van der Waals surface area (Å²) in [4.78, 5) is 20.2. The Kier molecular flexibility index (Phi) is 5.43. The van der Waals surface area contributed by atoms with Gasteiger partial charge >= 0.3 is 0 Å². The third kappa shape index (κ3) is 4.23. The smallest absolute Gasteiger partial charge is 0.230 e. The maximum Gasteiger partial charge on any atom is 0.230 e. The van der Waals surface area contributed by atoms with Gasteiger partial charge in [-0.1, -0.05) is 36.4 Å². The first-order valence-corrected chi connectivity index (χ1v) is 9.50. The number of hydrogen-bond acceptors (Lipinski definition) is 3. The average molecular weight is 353 g/mol. The topological polar surface area (TPSA) is 57.8 Å². The van der Waals surface area contributed by atoms with Gasteiger partial charge in [0.2, 0.25) is 5.91 Å². The van der Waals surface area contributed by atoms with Crippen molar-refractivity contribution in [2.75, 3.05) is 5.75 Å². The maximum absolute atomic E-state index is 12.3. The van der Waals surface area contributed by atoms with Crippen LogP contribution in [-0.4, -0.2) is 21.6 Å². The van der Waals surface area contributed by atoms with Crippen LogP contribution in [-0.2, 0) is 4.79 Å². The number of carbonyl (C=O) groups is 1. The second-order valence-corrected chi connectivity index (χ2v) is 7.57. The number of amides is 1. The van der Waals surface area contributed by atoms with Crippen molar-refractivity contribution in [1.82, 2.24) is 15.3 Å². The van der Waals surface area contributed by atoms with Gasteiger partial charge in [-0.05, 0) is 44.0 Å². The zero-order valence-corrected chi connectivity index (χ0v) is 15.6. The molecule has 0 aliphatic carbocycles. The lowest BCUT2D eigenvalue weighted by Crippen LogP contribution is -2.28. The van der Waals surface area contributed by atoms with Gasteiger partial charge in [0.15, 0.2) is 0 Å². The molecule has 0 aliphatic rings. The number of aromatic nitrogens is 2. The molecule has 25 heavy (non-hydrogen) atoms. The number of rotatable bonds is 6. The fourth-order valence-corrected chi connectivity index (χ4v) is 3.63. The molecule has 5 heteroatoms. The van der Waals surface area contributed by atoms with Crippen LogP contribution in [0, 0.1) is 6.92 Å². The van der Waals surface area contributed by atoms with Crippen LogP contribution in [0.3, 0.4) is 0 Å². The van der Waals surface area contributed by atoms with E-state index in [0.717, 1.165) is 22.4 Å². The summed E-state index contributed by atoms with van der Waals surface area (Å²) >= 11 is 1.59. The lowest BCUT2D eigenvalue weighted by molar-refractivity contribution is -0.119. The van der Waals surface area contributed by atoms with E-state index in [1.54, 1.807) is 11.8 Å². The number of nitrogens with zero attached hydrogens (tertiary/aromatic N) is 1. The average Bonchev–Trinajstić information content (AvgIpc) is 3.04. The number of thioether (sulfide) groups is 1. The largest absolute Gasteiger partial charge is 0.349 e. The molecule has 0 spiro atoms. The van der Waals surface area contributed by atoms with Crippen LogP contribution in [0.2, 0.25) is 0 Å². The molecular formula is C20H23N3OS. The molecule has 0 unspecified atom stereocenters. The number of fused-ring (bicyclic) bond motifs is 1. The molecule has 3 aromatic rings. The van der Waals surface area contributed by atoms with Crippen molar-refractivity contribution in [3.63, 3.8) is 0 Å². The Labute approximate surface area is 152 Å². The number of aromatic amines is 1. The van der Waals surface area contributed by atoms with Crippen molar-refractivity contribution >= 4 is 28.7 Å². The van der Waals surface area contributed by atoms with E-state index in [1.165, 1.54) is 5.56 Å². The highest BCUT2D eigenvalue weighted by Gasteiger charge is 2.15. The van der Waals surface area contributed by atoms with E-state index < -0.39 is 0 Å². The normalized spacial score (nSPS) is 13.6. The molecule has 0 radical (unpaired) electrons. The molecule has 2 aromatic carbocycles. The third-order valence-corrected chi connectivity index (χ3v) is 5.44. The monoisotopic (exact) mass is 353 g/mol. The summed E-state index contributed by atoms with van der Waals surface area (Å²) in [6.07, 6.45) is 0. The molecule has 2 atom stereocenters. The third-order valence-electron chi connectivity index (χ3n) is 4.29. The van der Waals surface area contributed by atoms with Gasteiger partial charge in [0.05, 0.1) is 28.1 Å². The first-order valence-electron chi connectivity index (χ1n) is 8.45. The number of benzene rings is 2. The van der Waals surface area contributed by atoms with Gasteiger partial charge in [0.25, 0.3) is 0 Å². The van der Waals surface area contributed by atoms with Gasteiger partial charge in [0.1, 0.15) is 5.82 Å². The number of para-hydroxylation sites is 2. The molecule has 0 saturated heterocycles. The molecule has 3 rings (SSSR count). The minimum atomic E-state index is 0.0100. The Morgan fingerprint density at radius 3 is 2.64 bits per heavy atom. The van der Waals surface area contributed by atoms with Crippen molar-refractivity contribution in [3.05, 3.63) is 65.5 Å². The van der Waals surface area contributed by atoms with Gasteiger partial charge < -0.3 is 10.3 Å². The Bertz CT molecular complexity index is 841. The first kappa shape index (κ1) is 17.5. The number of carbonyl (C=O) groups excluding carboxylic acids is 1. The van der Waals surface area contributed by atoms with Crippen LogP contribution in [0.25, 0.3) is 11.0 Å². The summed E-state index contributed by atoms with van der Waals surface area (Å²) in [5, 5.41) is 3.21. The van der Waals surface area contributed by atoms with E-state index in [-0.39, 0.29) is 17.2 Å². The maximum atomic E-state index is 12.3. The van der Waals surface area contributed by atoms with E-state index >= 15 is 0 Å². The van der Waals surface area contributed by atoms with Crippen molar-refractivity contribution < 1.29 is 4.79 Å². The molecule has 1 aromatic heterocycles. The first-order chi connectivity index (χ1) is 12.0. The Morgan fingerprint density at radius 1 is 1.16 bits per heavy atom. The van der Waals surface area contributed by atoms with E-state index in [0.29, 0.717) is 5.75 Å². The lowest BCUT2D eigenvalue weighted by Gasteiger charge is -2.17. The van der Waals surface area contributed by atoms with Crippen LogP contribution in [0.1, 0.15) is 42.1 Å². The van der Waals surface area contributed by atoms with Crippen LogP contribution in [0.15, 0.2) is 48.5 Å². The van der Waals surface area contributed by atoms with Crippen LogP contribution >= 0.6 is 11.8 Å². The summed E-state index contributed by atoms with van der Waals surface area (Å²) < 4.78 is 0. The van der Waals surface area contributed by atoms with Gasteiger partial charge in [-0.2, -0.15) is 0 Å². The van der Waals surface area contributed by atoms with Crippen molar-refractivity contribution in [2.24, 2.45) is 0 Å². The predicted molar refractivity (Wildman–Crippen MR) is 105 cm³/mol. The van der Waals surface area contributed by atoms with Crippen LogP contribution in [0.4, 0.5) is 0 Å². The highest BCUT2D eigenvalue weighted by molar-refractivity contribution is 8.00. The summed E-state index contributed by atoms with van der Waals surface area (Å²) in [7, 11) is 0. The van der Waals surface area contributed by atoms with Crippen molar-refractivity contribution in [3.8, 4) is 0 Å². The zero-order chi connectivity index (χ0) is 17.8. The van der Waals surface area contributed by atoms with Gasteiger partial charge in [-0.15, -0.1) is 11.8 Å². The molecular weight excluding hydrogens is 330 g/mol. The van der Waals surface area contributed by atoms with E-state index in [4.69, 9.17) is 0 Å². The van der Waals surface area contributed by atoms with Crippen molar-refractivity contribution in [1.29, 1.82) is 0 Å². The molecule has 4 nitrogen and oxygen atoms in total. The van der Waals surface area contributed by atoms with Crippen LogP contribution < -0.4 is 5.32 Å². The Balaban J connectivity index is 1.55. The second-order valence-electron chi connectivity index (χ2n) is 6.24. The minimum absolute atomic E-state index is 0.0100. The highest BCUT2D eigenvalue weighted by Crippen LogP contribution is 2.27. The quantitative estimate of drug-likeness (QED) is 0.684. The number of nitrogens with one attached hydrogen (secondary N) is 2. The Hall–Kier alpha value is -2.27. The van der Waals surface area contributed by atoms with E-state index in [2.05, 4.69) is 41.3 Å².